The van der Waals surface area contributed by atoms with Crippen LogP contribution in [-0.2, 0) is 20.7 Å². The van der Waals surface area contributed by atoms with Crippen molar-refractivity contribution in [3.63, 3.8) is 0 Å². The lowest BCUT2D eigenvalue weighted by molar-refractivity contribution is -0.140. The number of esters is 1. The first kappa shape index (κ1) is 12.9. The van der Waals surface area contributed by atoms with Crippen molar-refractivity contribution in [1.29, 1.82) is 0 Å². The lowest BCUT2D eigenvalue weighted by Gasteiger charge is -2.26. The summed E-state index contributed by atoms with van der Waals surface area (Å²) >= 11 is 6.01. The maximum atomic E-state index is 11.6. The monoisotopic (exact) mass is 267 g/mol. The van der Waals surface area contributed by atoms with E-state index in [-0.39, 0.29) is 5.91 Å². The average Bonchev–Trinajstić information content (AvgIpc) is 2.41. The topological polar surface area (TPSA) is 46.6 Å². The second-order valence-electron chi connectivity index (χ2n) is 4.23. The molecule has 1 aliphatic heterocycles. The number of aryl methyl sites for hydroxylation is 1. The number of fused-ring (bicyclic) bond motifs is 1. The van der Waals surface area contributed by atoms with Crippen LogP contribution in [0.15, 0.2) is 18.2 Å². The van der Waals surface area contributed by atoms with Crippen molar-refractivity contribution in [2.45, 2.75) is 18.2 Å². The highest BCUT2D eigenvalue weighted by Crippen LogP contribution is 2.31. The lowest BCUT2D eigenvalue weighted by atomic mass is 9.98. The second-order valence-corrected chi connectivity index (χ2v) is 4.66. The highest BCUT2D eigenvalue weighted by Gasteiger charge is 2.24. The van der Waals surface area contributed by atoms with Crippen LogP contribution < -0.4 is 4.90 Å². The molecule has 0 radical (unpaired) electrons. The van der Waals surface area contributed by atoms with Gasteiger partial charge < -0.3 is 9.64 Å². The Morgan fingerprint density at radius 1 is 1.44 bits per heavy atom. The first-order chi connectivity index (χ1) is 8.54. The standard InChI is InChI=1S/C13H14ClNO3/c1-15-10-5-3-9(12(14)13(17)18-2)7-8(10)4-6-11(15)16/h3,5,7,12H,4,6H2,1-2H3. The third-order valence-electron chi connectivity index (χ3n) is 3.15. The summed E-state index contributed by atoms with van der Waals surface area (Å²) in [5, 5.41) is -0.803. The van der Waals surface area contributed by atoms with Gasteiger partial charge >= 0.3 is 5.97 Å². The zero-order chi connectivity index (χ0) is 13.3. The molecule has 0 bridgehead atoms. The van der Waals surface area contributed by atoms with Gasteiger partial charge in [-0.25, -0.2) is 0 Å². The molecule has 2 rings (SSSR count). The van der Waals surface area contributed by atoms with Crippen LogP contribution in [0.2, 0.25) is 0 Å². The van der Waals surface area contributed by atoms with Gasteiger partial charge in [-0.15, -0.1) is 11.6 Å². The molecule has 0 aromatic heterocycles. The molecule has 0 spiro atoms. The van der Waals surface area contributed by atoms with E-state index in [1.54, 1.807) is 18.0 Å². The highest BCUT2D eigenvalue weighted by atomic mass is 35.5. The Labute approximate surface area is 110 Å². The maximum absolute atomic E-state index is 11.6. The van der Waals surface area contributed by atoms with E-state index in [0.717, 1.165) is 11.3 Å². The van der Waals surface area contributed by atoms with Crippen LogP contribution in [0.3, 0.4) is 0 Å². The number of halogens is 1. The van der Waals surface area contributed by atoms with Crippen molar-refractivity contribution in [2.24, 2.45) is 0 Å². The Balaban J connectivity index is 2.33. The number of amides is 1. The zero-order valence-corrected chi connectivity index (χ0v) is 11.0. The Morgan fingerprint density at radius 2 is 2.17 bits per heavy atom. The van der Waals surface area contributed by atoms with Crippen LogP contribution in [0.4, 0.5) is 5.69 Å². The van der Waals surface area contributed by atoms with E-state index >= 15 is 0 Å². The normalized spacial score (nSPS) is 16.2. The molecule has 0 saturated heterocycles. The lowest BCUT2D eigenvalue weighted by Crippen LogP contribution is -2.31. The van der Waals surface area contributed by atoms with Crippen molar-refractivity contribution in [2.75, 3.05) is 19.1 Å². The van der Waals surface area contributed by atoms with Gasteiger partial charge in [0, 0.05) is 19.2 Å². The molecule has 5 heteroatoms. The zero-order valence-electron chi connectivity index (χ0n) is 10.3. The van der Waals surface area contributed by atoms with Crippen LogP contribution in [0.1, 0.15) is 22.9 Å². The summed E-state index contributed by atoms with van der Waals surface area (Å²) in [4.78, 5) is 24.6. The van der Waals surface area contributed by atoms with Crippen molar-refractivity contribution in [3.05, 3.63) is 29.3 Å². The molecule has 0 N–H and O–H groups in total. The number of alkyl halides is 1. The Kier molecular flexibility index (Phi) is 3.57. The van der Waals surface area contributed by atoms with E-state index in [9.17, 15) is 9.59 Å². The SMILES string of the molecule is COC(=O)C(Cl)c1ccc2c(c1)CCC(=O)N2C. The molecule has 96 valence electrons. The molecule has 0 aliphatic carbocycles. The van der Waals surface area contributed by atoms with Crippen molar-refractivity contribution < 1.29 is 14.3 Å². The van der Waals surface area contributed by atoms with Gasteiger partial charge in [-0.05, 0) is 23.6 Å². The van der Waals surface area contributed by atoms with Gasteiger partial charge in [0.2, 0.25) is 5.91 Å². The smallest absolute Gasteiger partial charge is 0.328 e. The molecule has 1 heterocycles. The quantitative estimate of drug-likeness (QED) is 0.609. The molecular formula is C13H14ClNO3. The number of anilines is 1. The van der Waals surface area contributed by atoms with Crippen LogP contribution in [-0.4, -0.2) is 26.0 Å². The van der Waals surface area contributed by atoms with Gasteiger partial charge in [-0.2, -0.15) is 0 Å². The highest BCUT2D eigenvalue weighted by molar-refractivity contribution is 6.30. The van der Waals surface area contributed by atoms with E-state index in [1.807, 2.05) is 12.1 Å². The fraction of sp³-hybridized carbons (Fsp3) is 0.385. The molecular weight excluding hydrogens is 254 g/mol. The molecule has 4 nitrogen and oxygen atoms in total. The van der Waals surface area contributed by atoms with Gasteiger partial charge in [-0.1, -0.05) is 12.1 Å². The summed E-state index contributed by atoms with van der Waals surface area (Å²) < 4.78 is 4.61. The molecule has 0 saturated carbocycles. The minimum absolute atomic E-state index is 0.102. The molecule has 1 aromatic rings. The molecule has 1 aliphatic rings. The summed E-state index contributed by atoms with van der Waals surface area (Å²) in [5.74, 6) is -0.373. The van der Waals surface area contributed by atoms with E-state index < -0.39 is 11.3 Å². The van der Waals surface area contributed by atoms with Gasteiger partial charge in [0.05, 0.1) is 7.11 Å². The predicted octanol–water partition coefficient (Wildman–Crippen LogP) is 2.05. The maximum Gasteiger partial charge on any atom is 0.328 e. The fourth-order valence-corrected chi connectivity index (χ4v) is 2.30. The number of nitrogens with zero attached hydrogens (tertiary/aromatic N) is 1. The number of carbonyl (C=O) groups is 2. The Morgan fingerprint density at radius 3 is 2.83 bits per heavy atom. The first-order valence-corrected chi connectivity index (χ1v) is 6.09. The number of hydrogen-bond acceptors (Lipinski definition) is 3. The number of ether oxygens (including phenoxy) is 1. The summed E-state index contributed by atoms with van der Waals surface area (Å²) in [7, 11) is 3.06. The minimum atomic E-state index is -0.803. The van der Waals surface area contributed by atoms with Crippen LogP contribution >= 0.6 is 11.6 Å². The summed E-state index contributed by atoms with van der Waals surface area (Å²) in [6, 6.07) is 5.44. The van der Waals surface area contributed by atoms with Crippen molar-refractivity contribution in [3.8, 4) is 0 Å². The fourth-order valence-electron chi connectivity index (χ4n) is 2.07. The van der Waals surface area contributed by atoms with E-state index in [1.165, 1.54) is 7.11 Å². The molecule has 1 aromatic carbocycles. The van der Waals surface area contributed by atoms with E-state index in [4.69, 9.17) is 11.6 Å². The second kappa shape index (κ2) is 4.98. The van der Waals surface area contributed by atoms with E-state index in [0.29, 0.717) is 18.4 Å². The molecule has 0 fully saturated rings. The molecule has 1 atom stereocenters. The van der Waals surface area contributed by atoms with Crippen LogP contribution in [0.5, 0.6) is 0 Å². The van der Waals surface area contributed by atoms with Crippen molar-refractivity contribution in [1.82, 2.24) is 0 Å². The van der Waals surface area contributed by atoms with Gasteiger partial charge in [0.25, 0.3) is 0 Å². The predicted molar refractivity (Wildman–Crippen MR) is 68.8 cm³/mol. The largest absolute Gasteiger partial charge is 0.468 e. The summed E-state index contributed by atoms with van der Waals surface area (Å²) in [5.41, 5.74) is 2.61. The van der Waals surface area contributed by atoms with Gasteiger partial charge in [-0.3, -0.25) is 9.59 Å². The number of methoxy groups -OCH3 is 1. The summed E-state index contributed by atoms with van der Waals surface area (Å²) in [6.45, 7) is 0. The third-order valence-corrected chi connectivity index (χ3v) is 3.58. The minimum Gasteiger partial charge on any atom is -0.468 e. The molecule has 18 heavy (non-hydrogen) atoms. The van der Waals surface area contributed by atoms with Crippen LogP contribution in [0.25, 0.3) is 0 Å². The number of carbonyl (C=O) groups excluding carboxylic acids is 2. The Hall–Kier alpha value is -1.55. The van der Waals surface area contributed by atoms with Gasteiger partial charge in [0.15, 0.2) is 5.38 Å². The Bertz CT molecular complexity index is 501. The van der Waals surface area contributed by atoms with Gasteiger partial charge in [0.1, 0.15) is 0 Å². The van der Waals surface area contributed by atoms with Crippen molar-refractivity contribution >= 4 is 29.2 Å². The molecule has 1 amide bonds. The third kappa shape index (κ3) is 2.20. The number of rotatable bonds is 2. The average molecular weight is 268 g/mol. The molecule has 1 unspecified atom stereocenters. The van der Waals surface area contributed by atoms with E-state index in [2.05, 4.69) is 4.74 Å². The summed E-state index contributed by atoms with van der Waals surface area (Å²) in [6.07, 6.45) is 1.16. The number of hydrogen-bond donors (Lipinski definition) is 0. The first-order valence-electron chi connectivity index (χ1n) is 5.66. The number of benzene rings is 1. The van der Waals surface area contributed by atoms with Crippen LogP contribution in [0, 0.1) is 0 Å².